The average Bonchev–Trinajstić information content (AvgIpc) is 3.24. The zero-order valence-corrected chi connectivity index (χ0v) is 18.0. The van der Waals surface area contributed by atoms with E-state index in [1.54, 1.807) is 14.2 Å². The highest BCUT2D eigenvalue weighted by Crippen LogP contribution is 2.33. The Morgan fingerprint density at radius 2 is 1.83 bits per heavy atom. The third kappa shape index (κ3) is 4.40. The van der Waals surface area contributed by atoms with Crippen LogP contribution in [0.1, 0.15) is 49.9 Å². The molecule has 1 heterocycles. The molecule has 3 rings (SSSR count). The van der Waals surface area contributed by atoms with Crippen LogP contribution in [-0.4, -0.2) is 44.7 Å². The van der Waals surface area contributed by atoms with Gasteiger partial charge in [-0.3, -0.25) is 4.79 Å². The number of nitrogens with one attached hydrogen (secondary N) is 1. The predicted octanol–water partition coefficient (Wildman–Crippen LogP) is 3.03. The molecule has 156 valence electrons. The molecule has 0 spiro atoms. The van der Waals surface area contributed by atoms with Gasteiger partial charge >= 0.3 is 0 Å². The Morgan fingerprint density at radius 3 is 2.45 bits per heavy atom. The highest BCUT2D eigenvalue weighted by Gasteiger charge is 2.43. The number of rotatable bonds is 8. The lowest BCUT2D eigenvalue weighted by Gasteiger charge is -2.33. The van der Waals surface area contributed by atoms with E-state index in [-0.39, 0.29) is 18.0 Å². The van der Waals surface area contributed by atoms with Crippen LogP contribution < -0.4 is 14.4 Å². The summed E-state index contributed by atoms with van der Waals surface area (Å²) >= 11 is 0. The zero-order valence-electron chi connectivity index (χ0n) is 18.0. The number of likely N-dealkylation sites (N-methyl/N-ethyl adjacent to an activating group) is 1. The lowest BCUT2D eigenvalue weighted by Crippen LogP contribution is -3.11. The minimum atomic E-state index is -0.223. The van der Waals surface area contributed by atoms with Gasteiger partial charge < -0.3 is 19.3 Å². The molecule has 1 N–H and O–H groups in total. The maximum Gasteiger partial charge on any atom is 0.285 e. The molecule has 1 unspecified atom stereocenters. The summed E-state index contributed by atoms with van der Waals surface area (Å²) in [5, 5.41) is 0. The van der Waals surface area contributed by atoms with Crippen LogP contribution in [-0.2, 0) is 4.79 Å². The van der Waals surface area contributed by atoms with Crippen LogP contribution in [0.3, 0.4) is 0 Å². The third-order valence-corrected chi connectivity index (χ3v) is 6.04. The lowest BCUT2D eigenvalue weighted by atomic mass is 9.98. The molecule has 0 radical (unpaired) electrons. The molecule has 1 amide bonds. The fraction of sp³-hybridized carbons (Fsp3) is 0.458. The van der Waals surface area contributed by atoms with E-state index in [2.05, 4.69) is 18.2 Å². The highest BCUT2D eigenvalue weighted by atomic mass is 16.5. The van der Waals surface area contributed by atoms with Gasteiger partial charge in [-0.1, -0.05) is 30.3 Å². The molecule has 0 bridgehead atoms. The molecule has 0 saturated carbocycles. The first-order chi connectivity index (χ1) is 14.1. The molecule has 0 aromatic heterocycles. The second-order valence-corrected chi connectivity index (χ2v) is 7.48. The minimum Gasteiger partial charge on any atom is -0.497 e. The van der Waals surface area contributed by atoms with Crippen molar-refractivity contribution in [3.63, 3.8) is 0 Å². The molecule has 2 aromatic carbocycles. The van der Waals surface area contributed by atoms with E-state index in [0.717, 1.165) is 55.1 Å². The van der Waals surface area contributed by atoms with Crippen LogP contribution in [0, 0.1) is 0 Å². The van der Waals surface area contributed by atoms with Crippen molar-refractivity contribution in [1.29, 1.82) is 0 Å². The quantitative estimate of drug-likeness (QED) is 0.745. The zero-order chi connectivity index (χ0) is 20.8. The number of methoxy groups -OCH3 is 2. The number of amides is 1. The number of benzene rings is 2. The fourth-order valence-corrected chi connectivity index (χ4v) is 4.56. The van der Waals surface area contributed by atoms with Gasteiger partial charge in [-0.2, -0.15) is 0 Å². The highest BCUT2D eigenvalue weighted by molar-refractivity contribution is 5.82. The van der Waals surface area contributed by atoms with Gasteiger partial charge in [0.15, 0.2) is 6.04 Å². The van der Waals surface area contributed by atoms with Crippen molar-refractivity contribution in [2.24, 2.45) is 0 Å². The normalized spacial score (nSPS) is 19.6. The van der Waals surface area contributed by atoms with E-state index in [0.29, 0.717) is 0 Å². The van der Waals surface area contributed by atoms with E-state index in [1.807, 2.05) is 49.1 Å². The van der Waals surface area contributed by atoms with E-state index in [9.17, 15) is 4.79 Å². The van der Waals surface area contributed by atoms with E-state index < -0.39 is 0 Å². The molecule has 5 nitrogen and oxygen atoms in total. The van der Waals surface area contributed by atoms with Crippen molar-refractivity contribution in [3.8, 4) is 11.5 Å². The van der Waals surface area contributed by atoms with Crippen LogP contribution in [0.5, 0.6) is 11.5 Å². The monoisotopic (exact) mass is 397 g/mol. The second-order valence-electron chi connectivity index (χ2n) is 7.48. The Balaban J connectivity index is 2.04. The smallest absolute Gasteiger partial charge is 0.285 e. The van der Waals surface area contributed by atoms with Gasteiger partial charge in [0.05, 0.1) is 26.3 Å². The maximum atomic E-state index is 13.6. The Bertz CT molecular complexity index is 805. The van der Waals surface area contributed by atoms with Gasteiger partial charge in [-0.25, -0.2) is 0 Å². The molecule has 1 aliphatic rings. The number of ether oxygens (including phenoxy) is 2. The molecule has 1 aliphatic heterocycles. The maximum absolute atomic E-state index is 13.6. The fourth-order valence-electron chi connectivity index (χ4n) is 4.56. The summed E-state index contributed by atoms with van der Waals surface area (Å²) in [7, 11) is 3.39. The molecule has 5 heteroatoms. The first-order valence-electron chi connectivity index (χ1n) is 10.6. The lowest BCUT2D eigenvalue weighted by molar-refractivity contribution is -0.940. The number of carbonyl (C=O) groups excluding carboxylic acids is 1. The predicted molar refractivity (Wildman–Crippen MR) is 114 cm³/mol. The Morgan fingerprint density at radius 1 is 1.10 bits per heavy atom. The average molecular weight is 398 g/mol. The van der Waals surface area contributed by atoms with Crippen LogP contribution in [0.15, 0.2) is 48.5 Å². The summed E-state index contributed by atoms with van der Waals surface area (Å²) in [5.41, 5.74) is 2.20. The molecule has 2 aromatic rings. The van der Waals surface area contributed by atoms with Crippen molar-refractivity contribution in [2.75, 3.05) is 33.9 Å². The van der Waals surface area contributed by atoms with Crippen molar-refractivity contribution in [2.45, 2.75) is 38.8 Å². The number of hydrogen-bond acceptors (Lipinski definition) is 3. The minimum absolute atomic E-state index is 0.185. The van der Waals surface area contributed by atoms with E-state index in [4.69, 9.17) is 9.47 Å². The van der Waals surface area contributed by atoms with Crippen LogP contribution >= 0.6 is 0 Å². The van der Waals surface area contributed by atoms with Gasteiger partial charge in [0.25, 0.3) is 5.91 Å². The molecular weight excluding hydrogens is 364 g/mol. The van der Waals surface area contributed by atoms with Crippen molar-refractivity contribution in [1.82, 2.24) is 4.90 Å². The largest absolute Gasteiger partial charge is 0.497 e. The first kappa shape index (κ1) is 21.2. The van der Waals surface area contributed by atoms with Gasteiger partial charge in [-0.05, 0) is 32.0 Å². The number of likely N-dealkylation sites (tertiary alicyclic amines) is 1. The number of quaternary nitrogens is 1. The Hall–Kier alpha value is -2.53. The van der Waals surface area contributed by atoms with Crippen LogP contribution in [0.4, 0.5) is 0 Å². The topological polar surface area (TPSA) is 43.2 Å². The van der Waals surface area contributed by atoms with Crippen molar-refractivity contribution >= 4 is 5.91 Å². The second kappa shape index (κ2) is 9.79. The Kier molecular flexibility index (Phi) is 7.15. The number of carbonyl (C=O) groups is 1. The standard InChI is InChI=1S/C24H32N2O3/c1-5-25(6-2)24(27)23(18-11-8-7-9-12-18)26-16-10-13-21(26)20-17-19(28-3)14-15-22(20)29-4/h7-9,11-12,14-15,17,21,23H,5-6,10,13,16H2,1-4H3/p+1/t21-,23-/m1/s1. The summed E-state index contributed by atoms with van der Waals surface area (Å²) < 4.78 is 11.2. The van der Waals surface area contributed by atoms with Crippen LogP contribution in [0.2, 0.25) is 0 Å². The van der Waals surface area contributed by atoms with E-state index in [1.165, 1.54) is 4.90 Å². The van der Waals surface area contributed by atoms with Gasteiger partial charge in [0.2, 0.25) is 0 Å². The van der Waals surface area contributed by atoms with Gasteiger partial charge in [-0.15, -0.1) is 0 Å². The summed E-state index contributed by atoms with van der Waals surface area (Å²) in [4.78, 5) is 16.8. The number of hydrogen-bond donors (Lipinski definition) is 1. The third-order valence-electron chi connectivity index (χ3n) is 6.04. The first-order valence-corrected chi connectivity index (χ1v) is 10.6. The summed E-state index contributed by atoms with van der Waals surface area (Å²) in [6, 6.07) is 16.1. The molecule has 3 atom stereocenters. The summed E-state index contributed by atoms with van der Waals surface area (Å²) in [5.74, 6) is 1.88. The summed E-state index contributed by atoms with van der Waals surface area (Å²) in [6.45, 7) is 6.49. The van der Waals surface area contributed by atoms with Gasteiger partial charge in [0.1, 0.15) is 17.5 Å². The van der Waals surface area contributed by atoms with Crippen molar-refractivity contribution < 1.29 is 19.2 Å². The molecule has 29 heavy (non-hydrogen) atoms. The number of nitrogens with zero attached hydrogens (tertiary/aromatic N) is 1. The summed E-state index contributed by atoms with van der Waals surface area (Å²) in [6.07, 6.45) is 2.10. The molecular formula is C24H33N2O3+. The molecule has 1 fully saturated rings. The van der Waals surface area contributed by atoms with E-state index >= 15 is 0 Å². The molecule has 0 aliphatic carbocycles. The van der Waals surface area contributed by atoms with Gasteiger partial charge in [0, 0.05) is 31.5 Å². The van der Waals surface area contributed by atoms with Crippen molar-refractivity contribution in [3.05, 3.63) is 59.7 Å². The molecule has 1 saturated heterocycles. The Labute approximate surface area is 174 Å². The SMILES string of the molecule is CCN(CC)C(=O)[C@@H](c1ccccc1)[NH+]1CCC[C@@H]1c1cc(OC)ccc1OC. The van der Waals surface area contributed by atoms with Crippen LogP contribution in [0.25, 0.3) is 0 Å².